The van der Waals surface area contributed by atoms with Crippen LogP contribution in [0.2, 0.25) is 0 Å². The molecule has 5 N–H and O–H groups in total. The van der Waals surface area contributed by atoms with Crippen molar-refractivity contribution in [1.29, 1.82) is 0 Å². The van der Waals surface area contributed by atoms with Crippen molar-refractivity contribution >= 4 is 34.1 Å². The van der Waals surface area contributed by atoms with Crippen LogP contribution in [0.1, 0.15) is 0 Å². The number of rotatable bonds is 2. The number of benzene rings is 1. The summed E-state index contributed by atoms with van der Waals surface area (Å²) < 4.78 is 1.17. The SMILES string of the molecule is NC1=NN2C(N)C1N2Nc1cccc(I)c1. The largest absolute Gasteiger partial charge is 0.384 e. The number of anilines is 1. The van der Waals surface area contributed by atoms with Gasteiger partial charge in [-0.2, -0.15) is 5.12 Å². The third kappa shape index (κ3) is 1.35. The molecule has 4 rings (SSSR count). The number of nitrogens with two attached hydrogens (primary N) is 2. The maximum Gasteiger partial charge on any atom is 0.147 e. The Balaban J connectivity index is 1.75. The second kappa shape index (κ2) is 3.47. The van der Waals surface area contributed by atoms with Crippen LogP contribution in [0, 0.1) is 3.57 Å². The molecule has 1 aromatic rings. The van der Waals surface area contributed by atoms with Crippen LogP contribution in [-0.2, 0) is 0 Å². The number of halogens is 1. The van der Waals surface area contributed by atoms with E-state index in [-0.39, 0.29) is 12.2 Å². The van der Waals surface area contributed by atoms with Crippen molar-refractivity contribution in [3.05, 3.63) is 27.8 Å². The molecule has 3 aliphatic heterocycles. The predicted octanol–water partition coefficient (Wildman–Crippen LogP) is 0.0899. The molecule has 0 aliphatic carbocycles. The van der Waals surface area contributed by atoms with E-state index in [9.17, 15) is 0 Å². The first kappa shape index (κ1) is 10.1. The van der Waals surface area contributed by atoms with E-state index in [1.54, 1.807) is 5.12 Å². The van der Waals surface area contributed by atoms with Gasteiger partial charge in [-0.1, -0.05) is 6.07 Å². The van der Waals surface area contributed by atoms with Crippen LogP contribution in [0.25, 0.3) is 0 Å². The molecule has 2 atom stereocenters. The quantitative estimate of drug-likeness (QED) is 0.670. The summed E-state index contributed by atoms with van der Waals surface area (Å²) in [4.78, 5) is 0. The average Bonchev–Trinajstić information content (AvgIpc) is 2.71. The first-order valence-corrected chi connectivity index (χ1v) is 5.95. The van der Waals surface area contributed by atoms with Crippen molar-refractivity contribution in [2.75, 3.05) is 5.43 Å². The van der Waals surface area contributed by atoms with Gasteiger partial charge in [0.15, 0.2) is 0 Å². The molecule has 0 radical (unpaired) electrons. The Morgan fingerprint density at radius 1 is 1.44 bits per heavy atom. The van der Waals surface area contributed by atoms with E-state index in [2.05, 4.69) is 33.1 Å². The summed E-state index contributed by atoms with van der Waals surface area (Å²) in [6, 6.07) is 8.03. The van der Waals surface area contributed by atoms with E-state index in [0.29, 0.717) is 5.84 Å². The highest BCUT2D eigenvalue weighted by Crippen LogP contribution is 2.30. The van der Waals surface area contributed by atoms with Crippen LogP contribution in [0.15, 0.2) is 29.4 Å². The fourth-order valence-electron chi connectivity index (χ4n) is 1.88. The molecule has 0 spiro atoms. The summed E-state index contributed by atoms with van der Waals surface area (Å²) in [7, 11) is 0. The van der Waals surface area contributed by atoms with Gasteiger partial charge < -0.3 is 11.5 Å². The molecule has 0 saturated carbocycles. The normalized spacial score (nSPS) is 27.6. The van der Waals surface area contributed by atoms with Gasteiger partial charge in [-0.15, -0.1) is 10.2 Å². The minimum absolute atomic E-state index is 0.0298. The summed E-state index contributed by atoms with van der Waals surface area (Å²) in [6.45, 7) is 0. The number of hydrogen-bond donors (Lipinski definition) is 3. The van der Waals surface area contributed by atoms with E-state index in [4.69, 9.17) is 11.5 Å². The summed E-state index contributed by atoms with van der Waals surface area (Å²) >= 11 is 2.27. The maximum atomic E-state index is 5.84. The molecule has 6 nitrogen and oxygen atoms in total. The maximum absolute atomic E-state index is 5.84. The van der Waals surface area contributed by atoms with E-state index < -0.39 is 0 Å². The average molecular weight is 330 g/mol. The number of hydrogen-bond acceptors (Lipinski definition) is 6. The Morgan fingerprint density at radius 2 is 2.25 bits per heavy atom. The lowest BCUT2D eigenvalue weighted by Gasteiger charge is -2.46. The molecule has 1 saturated heterocycles. The Bertz CT molecular complexity index is 461. The smallest absolute Gasteiger partial charge is 0.147 e. The molecule has 0 amide bonds. The third-order valence-corrected chi connectivity index (χ3v) is 3.33. The molecular weight excluding hydrogens is 319 g/mol. The minimum atomic E-state index is -0.129. The highest BCUT2D eigenvalue weighted by molar-refractivity contribution is 14.1. The topological polar surface area (TPSA) is 82.9 Å². The molecule has 7 heteroatoms. The second-order valence-corrected chi connectivity index (χ2v) is 4.99. The summed E-state index contributed by atoms with van der Waals surface area (Å²) in [5.41, 5.74) is 15.8. The van der Waals surface area contributed by atoms with Gasteiger partial charge in [-0.25, -0.2) is 0 Å². The fraction of sp³-hybridized carbons (Fsp3) is 0.222. The molecule has 2 unspecified atom stereocenters. The fourth-order valence-corrected chi connectivity index (χ4v) is 2.42. The summed E-state index contributed by atoms with van der Waals surface area (Å²) in [5, 5.41) is 7.60. The molecule has 1 fully saturated rings. The second-order valence-electron chi connectivity index (χ2n) is 3.75. The number of nitrogens with one attached hydrogen (secondary N) is 1. The molecule has 84 valence electrons. The van der Waals surface area contributed by atoms with Crippen molar-refractivity contribution in [3.63, 3.8) is 0 Å². The van der Waals surface area contributed by atoms with Crippen LogP contribution in [-0.4, -0.2) is 28.3 Å². The first-order valence-electron chi connectivity index (χ1n) is 4.87. The van der Waals surface area contributed by atoms with Gasteiger partial charge in [0, 0.05) is 3.57 Å². The lowest BCUT2D eigenvalue weighted by Crippen LogP contribution is -2.72. The zero-order valence-corrected chi connectivity index (χ0v) is 10.5. The third-order valence-electron chi connectivity index (χ3n) is 2.66. The van der Waals surface area contributed by atoms with Crippen LogP contribution >= 0.6 is 22.6 Å². The van der Waals surface area contributed by atoms with Gasteiger partial charge in [0.2, 0.25) is 0 Å². The van der Waals surface area contributed by atoms with Crippen LogP contribution in [0.4, 0.5) is 5.69 Å². The number of nitrogens with zero attached hydrogens (tertiary/aromatic N) is 3. The monoisotopic (exact) mass is 330 g/mol. The van der Waals surface area contributed by atoms with Crippen molar-refractivity contribution in [2.45, 2.75) is 12.2 Å². The lowest BCUT2D eigenvalue weighted by molar-refractivity contribution is -0.143. The van der Waals surface area contributed by atoms with E-state index in [1.165, 1.54) is 3.57 Å². The zero-order chi connectivity index (χ0) is 11.3. The summed E-state index contributed by atoms with van der Waals surface area (Å²) in [6.07, 6.45) is -0.129. The number of hydrazone groups is 1. The minimum Gasteiger partial charge on any atom is -0.384 e. The molecule has 2 bridgehead atoms. The number of hydrazine groups is 2. The van der Waals surface area contributed by atoms with Crippen molar-refractivity contribution in [1.82, 2.24) is 10.2 Å². The highest BCUT2D eigenvalue weighted by Gasteiger charge is 2.53. The Labute approximate surface area is 106 Å². The molecule has 1 aromatic carbocycles. The molecular formula is C9H11IN6. The molecule has 3 heterocycles. The van der Waals surface area contributed by atoms with Crippen molar-refractivity contribution in [2.24, 2.45) is 16.6 Å². The summed E-state index contributed by atoms with van der Waals surface area (Å²) in [5.74, 6) is 0.561. The van der Waals surface area contributed by atoms with Gasteiger partial charge >= 0.3 is 0 Å². The highest BCUT2D eigenvalue weighted by atomic mass is 127. The van der Waals surface area contributed by atoms with Crippen LogP contribution < -0.4 is 16.9 Å². The van der Waals surface area contributed by atoms with Crippen LogP contribution in [0.3, 0.4) is 0 Å². The van der Waals surface area contributed by atoms with Crippen molar-refractivity contribution < 1.29 is 0 Å². The van der Waals surface area contributed by atoms with E-state index >= 15 is 0 Å². The van der Waals surface area contributed by atoms with Gasteiger partial charge in [-0.05, 0) is 40.8 Å². The standard InChI is InChI=1S/C9H11IN6/c10-5-2-1-3-6(4-5)13-15-7-8(11)14-16(15)9(7)12/h1-4,7,9,13H,12H2,(H2,11,14). The Hall–Kier alpha value is -1.06. The Morgan fingerprint density at radius 3 is 2.81 bits per heavy atom. The van der Waals surface area contributed by atoms with E-state index in [1.807, 2.05) is 29.4 Å². The van der Waals surface area contributed by atoms with Crippen molar-refractivity contribution in [3.8, 4) is 0 Å². The molecule has 0 aromatic heterocycles. The Kier molecular flexibility index (Phi) is 2.19. The number of amidine groups is 1. The van der Waals surface area contributed by atoms with Gasteiger partial charge in [-0.3, -0.25) is 5.43 Å². The lowest BCUT2D eigenvalue weighted by atomic mass is 10.2. The zero-order valence-electron chi connectivity index (χ0n) is 8.34. The first-order chi connectivity index (χ1) is 7.66. The van der Waals surface area contributed by atoms with E-state index in [0.717, 1.165) is 5.69 Å². The van der Waals surface area contributed by atoms with Gasteiger partial charge in [0.25, 0.3) is 0 Å². The molecule has 16 heavy (non-hydrogen) atoms. The predicted molar refractivity (Wildman–Crippen MR) is 69.8 cm³/mol. The van der Waals surface area contributed by atoms with Crippen LogP contribution in [0.5, 0.6) is 0 Å². The van der Waals surface area contributed by atoms with Gasteiger partial charge in [0.05, 0.1) is 5.69 Å². The molecule has 3 aliphatic rings. The van der Waals surface area contributed by atoms with Gasteiger partial charge in [0.1, 0.15) is 18.0 Å².